The molecule has 3 nitrogen and oxygen atoms in total. The van der Waals surface area contributed by atoms with Crippen molar-refractivity contribution in [2.45, 2.75) is 57.1 Å². The molecule has 0 bridgehead atoms. The Morgan fingerprint density at radius 3 is 2.48 bits per heavy atom. The molecule has 0 N–H and O–H groups in total. The molecule has 1 aromatic carbocycles. The maximum Gasteiger partial charge on any atom is 0.410 e. The van der Waals surface area contributed by atoms with Gasteiger partial charge < -0.3 is 9.64 Å². The quantitative estimate of drug-likeness (QED) is 0.763. The third kappa shape index (κ3) is 4.40. The monoisotopic (exact) mass is 307 g/mol. The Hall–Kier alpha value is -1.16. The Bertz CT molecular complexity index is 493. The number of nitrogens with zero attached hydrogens (tertiary/aromatic N) is 1. The number of carbonyl (C=O) groups is 1. The highest BCUT2D eigenvalue weighted by Crippen LogP contribution is 2.35. The zero-order valence-corrected chi connectivity index (χ0v) is 14.2. The van der Waals surface area contributed by atoms with Gasteiger partial charge in [0.2, 0.25) is 0 Å². The number of amides is 1. The van der Waals surface area contributed by atoms with Crippen LogP contribution in [0, 0.1) is 5.92 Å². The first kappa shape index (κ1) is 16.2. The van der Waals surface area contributed by atoms with Crippen LogP contribution in [0.2, 0.25) is 0 Å². The molecule has 4 heteroatoms. The van der Waals surface area contributed by atoms with E-state index in [2.05, 4.69) is 31.7 Å². The van der Waals surface area contributed by atoms with Crippen LogP contribution in [0.4, 0.5) is 4.79 Å². The van der Waals surface area contributed by atoms with Crippen molar-refractivity contribution in [1.29, 1.82) is 0 Å². The normalized spacial score (nSPS) is 23.0. The second-order valence-corrected chi connectivity index (χ2v) is 7.43. The van der Waals surface area contributed by atoms with Gasteiger partial charge >= 0.3 is 6.09 Å². The summed E-state index contributed by atoms with van der Waals surface area (Å²) in [5.41, 5.74) is 0.699. The van der Waals surface area contributed by atoms with Crippen molar-refractivity contribution in [1.82, 2.24) is 4.90 Å². The van der Waals surface area contributed by atoms with Gasteiger partial charge in [-0.2, -0.15) is 0 Å². The summed E-state index contributed by atoms with van der Waals surface area (Å²) in [5.74, 6) is 0.615. The van der Waals surface area contributed by atoms with Gasteiger partial charge in [-0.15, -0.1) is 12.6 Å². The van der Waals surface area contributed by atoms with Gasteiger partial charge in [-0.25, -0.2) is 4.79 Å². The molecule has 1 amide bonds. The molecule has 0 radical (unpaired) electrons. The van der Waals surface area contributed by atoms with Gasteiger partial charge in [0.25, 0.3) is 0 Å². The lowest BCUT2D eigenvalue weighted by molar-refractivity contribution is 0.00512. The van der Waals surface area contributed by atoms with Crippen LogP contribution in [0.3, 0.4) is 0 Å². The highest BCUT2D eigenvalue weighted by molar-refractivity contribution is 7.80. The van der Waals surface area contributed by atoms with E-state index >= 15 is 0 Å². The predicted octanol–water partition coefficient (Wildman–Crippen LogP) is 4.68. The summed E-state index contributed by atoms with van der Waals surface area (Å²) >= 11 is 4.33. The zero-order valence-electron chi connectivity index (χ0n) is 13.3. The van der Waals surface area contributed by atoms with E-state index in [0.29, 0.717) is 5.92 Å². The number of likely N-dealkylation sites (tertiary alicyclic amines) is 1. The van der Waals surface area contributed by atoms with Crippen LogP contribution in [-0.2, 0) is 4.74 Å². The molecule has 2 rings (SSSR count). The Balaban J connectivity index is 2.21. The molecule has 21 heavy (non-hydrogen) atoms. The lowest BCUT2D eigenvalue weighted by Crippen LogP contribution is -2.43. The van der Waals surface area contributed by atoms with E-state index in [1.54, 1.807) is 0 Å². The van der Waals surface area contributed by atoms with Crippen molar-refractivity contribution in [3.8, 4) is 0 Å². The van der Waals surface area contributed by atoms with E-state index in [1.165, 1.54) is 0 Å². The van der Waals surface area contributed by atoms with E-state index in [4.69, 9.17) is 4.74 Å². The highest BCUT2D eigenvalue weighted by Gasteiger charge is 2.33. The maximum atomic E-state index is 12.5. The van der Waals surface area contributed by atoms with Crippen LogP contribution in [0.25, 0.3) is 0 Å². The summed E-state index contributed by atoms with van der Waals surface area (Å²) in [4.78, 5) is 15.3. The van der Waals surface area contributed by atoms with Crippen LogP contribution in [0.15, 0.2) is 29.2 Å². The summed E-state index contributed by atoms with van der Waals surface area (Å²) in [5, 5.41) is 0. The molecular formula is C17H25NO2S. The van der Waals surface area contributed by atoms with Gasteiger partial charge in [0.1, 0.15) is 5.60 Å². The van der Waals surface area contributed by atoms with Crippen LogP contribution in [0.5, 0.6) is 0 Å². The molecule has 1 fully saturated rings. The molecule has 0 aliphatic carbocycles. The van der Waals surface area contributed by atoms with Crippen molar-refractivity contribution in [2.75, 3.05) is 6.54 Å². The third-order valence-corrected chi connectivity index (χ3v) is 4.07. The van der Waals surface area contributed by atoms with E-state index < -0.39 is 5.60 Å². The van der Waals surface area contributed by atoms with Crippen molar-refractivity contribution in [2.24, 2.45) is 5.92 Å². The summed E-state index contributed by atoms with van der Waals surface area (Å²) in [6.07, 6.45) is 1.79. The average molecular weight is 307 g/mol. The maximum absolute atomic E-state index is 12.5. The first-order valence-corrected chi connectivity index (χ1v) is 7.99. The highest BCUT2D eigenvalue weighted by atomic mass is 32.1. The SMILES string of the molecule is CC1CCN(C(=O)OC(C)(C)C)C(c2ccc(S)cc2)C1. The van der Waals surface area contributed by atoms with Crippen molar-refractivity contribution >= 4 is 18.7 Å². The largest absolute Gasteiger partial charge is 0.444 e. The lowest BCUT2D eigenvalue weighted by Gasteiger charge is -2.39. The molecule has 116 valence electrons. The number of benzene rings is 1. The van der Waals surface area contributed by atoms with Gasteiger partial charge in [-0.1, -0.05) is 19.1 Å². The zero-order chi connectivity index (χ0) is 15.6. The van der Waals surface area contributed by atoms with E-state index in [1.807, 2.05) is 37.8 Å². The molecule has 1 aromatic rings. The fourth-order valence-corrected chi connectivity index (χ4v) is 2.84. The first-order valence-electron chi connectivity index (χ1n) is 7.55. The molecule has 2 unspecified atom stereocenters. The van der Waals surface area contributed by atoms with Gasteiger partial charge in [0.05, 0.1) is 6.04 Å². The fraction of sp³-hybridized carbons (Fsp3) is 0.588. The number of thiol groups is 1. The van der Waals surface area contributed by atoms with Crippen LogP contribution in [0.1, 0.15) is 52.1 Å². The minimum absolute atomic E-state index is 0.0949. The minimum Gasteiger partial charge on any atom is -0.444 e. The van der Waals surface area contributed by atoms with Crippen molar-refractivity contribution in [3.63, 3.8) is 0 Å². The van der Waals surface area contributed by atoms with Crippen molar-refractivity contribution in [3.05, 3.63) is 29.8 Å². The van der Waals surface area contributed by atoms with Crippen molar-refractivity contribution < 1.29 is 9.53 Å². The van der Waals surface area contributed by atoms with E-state index in [9.17, 15) is 4.79 Å². The summed E-state index contributed by atoms with van der Waals surface area (Å²) in [7, 11) is 0. The number of hydrogen-bond acceptors (Lipinski definition) is 3. The smallest absolute Gasteiger partial charge is 0.410 e. The molecule has 0 spiro atoms. The molecule has 1 aliphatic rings. The first-order chi connectivity index (χ1) is 9.76. The topological polar surface area (TPSA) is 29.5 Å². The molecule has 0 saturated carbocycles. The molecule has 1 aliphatic heterocycles. The summed E-state index contributed by atoms with van der Waals surface area (Å²) < 4.78 is 5.56. The Labute approximate surface area is 133 Å². The molecule has 2 atom stereocenters. The number of piperidine rings is 1. The molecular weight excluding hydrogens is 282 g/mol. The summed E-state index contributed by atoms with van der Waals surface area (Å²) in [6, 6.07) is 8.17. The lowest BCUT2D eigenvalue weighted by atomic mass is 9.88. The fourth-order valence-electron chi connectivity index (χ4n) is 2.69. The number of ether oxygens (including phenoxy) is 1. The Kier molecular flexibility index (Phi) is 4.87. The van der Waals surface area contributed by atoms with Gasteiger partial charge in [0.15, 0.2) is 0 Å². The second-order valence-electron chi connectivity index (χ2n) is 6.91. The average Bonchev–Trinajstić information content (AvgIpc) is 2.37. The molecule has 1 heterocycles. The Morgan fingerprint density at radius 1 is 1.29 bits per heavy atom. The number of carbonyl (C=O) groups excluding carboxylic acids is 1. The predicted molar refractivity (Wildman–Crippen MR) is 87.8 cm³/mol. The van der Waals surface area contributed by atoms with E-state index in [-0.39, 0.29) is 12.1 Å². The molecule has 1 saturated heterocycles. The standard InChI is InChI=1S/C17H25NO2S/c1-12-9-10-18(16(19)20-17(2,3)4)15(11-12)13-5-7-14(21)8-6-13/h5-8,12,15,21H,9-11H2,1-4H3. The second kappa shape index (κ2) is 6.30. The van der Waals surface area contributed by atoms with E-state index in [0.717, 1.165) is 29.8 Å². The van der Waals surface area contributed by atoms with Crippen LogP contribution in [-0.4, -0.2) is 23.1 Å². The van der Waals surface area contributed by atoms with Gasteiger partial charge in [-0.05, 0) is 57.2 Å². The number of rotatable bonds is 1. The van der Waals surface area contributed by atoms with Gasteiger partial charge in [0, 0.05) is 11.4 Å². The Morgan fingerprint density at radius 2 is 1.90 bits per heavy atom. The molecule has 0 aromatic heterocycles. The third-order valence-electron chi connectivity index (χ3n) is 3.77. The van der Waals surface area contributed by atoms with Gasteiger partial charge in [-0.3, -0.25) is 0 Å². The summed E-state index contributed by atoms with van der Waals surface area (Å²) in [6.45, 7) is 8.71. The van der Waals surface area contributed by atoms with Crippen LogP contribution >= 0.6 is 12.6 Å². The van der Waals surface area contributed by atoms with Crippen LogP contribution < -0.4 is 0 Å². The number of hydrogen-bond donors (Lipinski definition) is 1. The minimum atomic E-state index is -0.459.